The number of hydrogen-bond donors (Lipinski definition) is 1. The van der Waals surface area contributed by atoms with Gasteiger partial charge in [-0.1, -0.05) is 6.07 Å². The molecule has 1 atom stereocenters. The summed E-state index contributed by atoms with van der Waals surface area (Å²) in [6.45, 7) is 7.49. The molecule has 4 heteroatoms. The second kappa shape index (κ2) is 7.25. The minimum absolute atomic E-state index is 0.759. The molecule has 114 valence electrons. The molecule has 1 fully saturated rings. The van der Waals surface area contributed by atoms with E-state index in [0.717, 1.165) is 37.1 Å². The van der Waals surface area contributed by atoms with Gasteiger partial charge in [-0.25, -0.2) is 0 Å². The molecule has 0 spiro atoms. The molecule has 0 bridgehead atoms. The van der Waals surface area contributed by atoms with Gasteiger partial charge in [0.05, 0.1) is 6.54 Å². The Kier molecular flexibility index (Phi) is 5.12. The molecule has 1 unspecified atom stereocenters. The molecule has 1 N–H and O–H groups in total. The number of aryl methyl sites for hydroxylation is 1. The first-order valence-electron chi connectivity index (χ1n) is 7.80. The van der Waals surface area contributed by atoms with E-state index in [1.165, 1.54) is 30.8 Å². The fraction of sp³-hybridized carbons (Fsp3) is 0.529. The highest BCUT2D eigenvalue weighted by Gasteiger charge is 2.19. The van der Waals surface area contributed by atoms with E-state index in [2.05, 4.69) is 33.8 Å². The maximum Gasteiger partial charge on any atom is 0.117 e. The number of nitrogens with one attached hydrogen (secondary N) is 1. The van der Waals surface area contributed by atoms with Crippen molar-refractivity contribution in [1.82, 2.24) is 10.2 Å². The molecule has 3 nitrogen and oxygen atoms in total. The SMILES string of the molecule is Cc1ccc(CNCC2CCCN(Cc3cccs3)C2)o1. The molecule has 21 heavy (non-hydrogen) atoms. The van der Waals surface area contributed by atoms with Crippen LogP contribution in [-0.2, 0) is 13.1 Å². The van der Waals surface area contributed by atoms with Crippen molar-refractivity contribution in [3.63, 3.8) is 0 Å². The van der Waals surface area contributed by atoms with E-state index in [0.29, 0.717) is 0 Å². The smallest absolute Gasteiger partial charge is 0.117 e. The van der Waals surface area contributed by atoms with Gasteiger partial charge in [0.25, 0.3) is 0 Å². The van der Waals surface area contributed by atoms with Crippen LogP contribution in [0.15, 0.2) is 34.1 Å². The van der Waals surface area contributed by atoms with Crippen LogP contribution in [0.2, 0.25) is 0 Å². The molecule has 3 heterocycles. The number of likely N-dealkylation sites (tertiary alicyclic amines) is 1. The molecule has 1 aliphatic rings. The van der Waals surface area contributed by atoms with E-state index in [1.54, 1.807) is 0 Å². The summed E-state index contributed by atoms with van der Waals surface area (Å²) in [5.41, 5.74) is 0. The van der Waals surface area contributed by atoms with E-state index >= 15 is 0 Å². The third kappa shape index (κ3) is 4.43. The third-order valence-electron chi connectivity index (χ3n) is 4.09. The lowest BCUT2D eigenvalue weighted by Crippen LogP contribution is -2.38. The predicted molar refractivity (Wildman–Crippen MR) is 87.5 cm³/mol. The van der Waals surface area contributed by atoms with Gasteiger partial charge in [-0.15, -0.1) is 11.3 Å². The van der Waals surface area contributed by atoms with Gasteiger partial charge in [0.15, 0.2) is 0 Å². The van der Waals surface area contributed by atoms with E-state index in [-0.39, 0.29) is 0 Å². The Balaban J connectivity index is 1.41. The first kappa shape index (κ1) is 14.8. The second-order valence-corrected chi connectivity index (χ2v) is 7.00. The first-order valence-corrected chi connectivity index (χ1v) is 8.68. The monoisotopic (exact) mass is 304 g/mol. The quantitative estimate of drug-likeness (QED) is 0.883. The van der Waals surface area contributed by atoms with Crippen molar-refractivity contribution in [3.05, 3.63) is 46.0 Å². The van der Waals surface area contributed by atoms with Gasteiger partial charge in [0.1, 0.15) is 11.5 Å². The Hall–Kier alpha value is -1.10. The number of hydrogen-bond acceptors (Lipinski definition) is 4. The Morgan fingerprint density at radius 2 is 2.33 bits per heavy atom. The largest absolute Gasteiger partial charge is 0.465 e. The van der Waals surface area contributed by atoms with Crippen molar-refractivity contribution in [3.8, 4) is 0 Å². The van der Waals surface area contributed by atoms with Crippen LogP contribution in [0.25, 0.3) is 0 Å². The van der Waals surface area contributed by atoms with Gasteiger partial charge in [-0.3, -0.25) is 4.90 Å². The lowest BCUT2D eigenvalue weighted by Gasteiger charge is -2.32. The molecular weight excluding hydrogens is 280 g/mol. The Labute approximate surface area is 131 Å². The van der Waals surface area contributed by atoms with Gasteiger partial charge < -0.3 is 9.73 Å². The summed E-state index contributed by atoms with van der Waals surface area (Å²) in [5.74, 6) is 2.79. The molecule has 1 saturated heterocycles. The maximum absolute atomic E-state index is 5.59. The van der Waals surface area contributed by atoms with Crippen LogP contribution >= 0.6 is 11.3 Å². The van der Waals surface area contributed by atoms with Gasteiger partial charge in [-0.2, -0.15) is 0 Å². The van der Waals surface area contributed by atoms with E-state index in [4.69, 9.17) is 4.42 Å². The highest BCUT2D eigenvalue weighted by atomic mass is 32.1. The standard InChI is InChI=1S/C17H24N2OS/c1-14-6-7-16(20-14)11-18-10-15-4-2-8-19(12-15)13-17-5-3-9-21-17/h3,5-7,9,15,18H,2,4,8,10-13H2,1H3. The molecule has 1 aliphatic heterocycles. The molecule has 0 radical (unpaired) electrons. The normalized spacial score (nSPS) is 20.0. The van der Waals surface area contributed by atoms with Crippen molar-refractivity contribution in [2.24, 2.45) is 5.92 Å². The van der Waals surface area contributed by atoms with Crippen molar-refractivity contribution in [1.29, 1.82) is 0 Å². The molecule has 0 saturated carbocycles. The van der Waals surface area contributed by atoms with Crippen molar-refractivity contribution in [2.45, 2.75) is 32.9 Å². The molecule has 0 aromatic carbocycles. The van der Waals surface area contributed by atoms with Crippen LogP contribution in [0.4, 0.5) is 0 Å². The number of thiophene rings is 1. The molecule has 2 aromatic rings. The average molecular weight is 304 g/mol. The summed E-state index contributed by atoms with van der Waals surface area (Å²) in [7, 11) is 0. The summed E-state index contributed by atoms with van der Waals surface area (Å²) in [5, 5.41) is 5.72. The number of furan rings is 1. The topological polar surface area (TPSA) is 28.4 Å². The first-order chi connectivity index (χ1) is 10.3. The Morgan fingerprint density at radius 3 is 3.10 bits per heavy atom. The van der Waals surface area contributed by atoms with E-state index in [9.17, 15) is 0 Å². The summed E-state index contributed by atoms with van der Waals surface area (Å²) in [4.78, 5) is 4.08. The maximum atomic E-state index is 5.59. The molecular formula is C17H24N2OS. The van der Waals surface area contributed by atoms with Gasteiger partial charge in [0, 0.05) is 18.0 Å². The van der Waals surface area contributed by atoms with Crippen molar-refractivity contribution in [2.75, 3.05) is 19.6 Å². The van der Waals surface area contributed by atoms with E-state index in [1.807, 2.05) is 24.3 Å². The zero-order valence-corrected chi connectivity index (χ0v) is 13.5. The lowest BCUT2D eigenvalue weighted by molar-refractivity contribution is 0.166. The van der Waals surface area contributed by atoms with Crippen LogP contribution in [0.5, 0.6) is 0 Å². The van der Waals surface area contributed by atoms with Crippen LogP contribution in [0.1, 0.15) is 29.2 Å². The zero-order valence-electron chi connectivity index (χ0n) is 12.7. The summed E-state index contributed by atoms with van der Waals surface area (Å²) in [6, 6.07) is 8.48. The summed E-state index contributed by atoms with van der Waals surface area (Å²) < 4.78 is 5.59. The van der Waals surface area contributed by atoms with Gasteiger partial charge >= 0.3 is 0 Å². The molecule has 3 rings (SSSR count). The highest BCUT2D eigenvalue weighted by Crippen LogP contribution is 2.20. The van der Waals surface area contributed by atoms with E-state index < -0.39 is 0 Å². The summed E-state index contributed by atoms with van der Waals surface area (Å²) >= 11 is 1.87. The molecule has 0 amide bonds. The zero-order chi connectivity index (χ0) is 14.5. The number of nitrogens with zero attached hydrogens (tertiary/aromatic N) is 1. The average Bonchev–Trinajstić information content (AvgIpc) is 3.11. The Bertz CT molecular complexity index is 535. The van der Waals surface area contributed by atoms with Crippen LogP contribution < -0.4 is 5.32 Å². The Morgan fingerprint density at radius 1 is 1.38 bits per heavy atom. The minimum atomic E-state index is 0.759. The highest BCUT2D eigenvalue weighted by molar-refractivity contribution is 7.09. The van der Waals surface area contributed by atoms with Crippen molar-refractivity contribution < 1.29 is 4.42 Å². The van der Waals surface area contributed by atoms with Crippen LogP contribution in [0.3, 0.4) is 0 Å². The minimum Gasteiger partial charge on any atom is -0.465 e. The predicted octanol–water partition coefficient (Wildman–Crippen LogP) is 3.65. The van der Waals surface area contributed by atoms with Gasteiger partial charge in [-0.05, 0) is 62.4 Å². The fourth-order valence-electron chi connectivity index (χ4n) is 3.06. The fourth-order valence-corrected chi connectivity index (χ4v) is 3.81. The molecule has 2 aromatic heterocycles. The number of rotatable bonds is 6. The lowest BCUT2D eigenvalue weighted by atomic mass is 9.98. The summed E-state index contributed by atoms with van der Waals surface area (Å²) in [6.07, 6.45) is 2.66. The number of piperidine rings is 1. The molecule has 0 aliphatic carbocycles. The van der Waals surface area contributed by atoms with Crippen LogP contribution in [0, 0.1) is 12.8 Å². The second-order valence-electron chi connectivity index (χ2n) is 5.97. The van der Waals surface area contributed by atoms with Crippen LogP contribution in [-0.4, -0.2) is 24.5 Å². The third-order valence-corrected chi connectivity index (χ3v) is 4.95. The van der Waals surface area contributed by atoms with Crippen molar-refractivity contribution >= 4 is 11.3 Å². The van der Waals surface area contributed by atoms with Gasteiger partial charge in [0.2, 0.25) is 0 Å².